The predicted molar refractivity (Wildman–Crippen MR) is 68.8 cm³/mol. The molecule has 0 radical (unpaired) electrons. The average molecular weight is 270 g/mol. The topological polar surface area (TPSA) is 70.2 Å². The third-order valence-corrected chi connectivity index (χ3v) is 5.42. The second-order valence-corrected chi connectivity index (χ2v) is 6.94. The number of nitrogens with one attached hydrogen (secondary N) is 1. The molecule has 1 atom stereocenters. The number of pyridine rings is 1. The normalized spacial score (nSPS) is 21.6. The Bertz CT molecular complexity index is 577. The van der Waals surface area contributed by atoms with Gasteiger partial charge in [0.2, 0.25) is 15.5 Å². The van der Waals surface area contributed by atoms with Gasteiger partial charge < -0.3 is 4.98 Å². The van der Waals surface area contributed by atoms with Gasteiger partial charge in [-0.3, -0.25) is 4.79 Å². The molecule has 1 N–H and O–H groups in total. The number of hydrogen-bond acceptors (Lipinski definition) is 3. The quantitative estimate of drug-likeness (QED) is 0.892. The van der Waals surface area contributed by atoms with E-state index in [0.29, 0.717) is 24.9 Å². The van der Waals surface area contributed by atoms with Crippen LogP contribution in [0.5, 0.6) is 0 Å². The molecule has 0 aliphatic carbocycles. The molecule has 5 nitrogen and oxygen atoms in total. The number of aromatic amines is 1. The molecule has 2 heterocycles. The van der Waals surface area contributed by atoms with Gasteiger partial charge in [-0.2, -0.15) is 4.31 Å². The summed E-state index contributed by atoms with van der Waals surface area (Å²) in [6.45, 7) is 5.19. The smallest absolute Gasteiger partial charge is 0.248 e. The molecule has 18 heavy (non-hydrogen) atoms. The van der Waals surface area contributed by atoms with Crippen LogP contribution in [0.1, 0.15) is 20.3 Å². The lowest BCUT2D eigenvalue weighted by molar-refractivity contribution is 0.388. The minimum absolute atomic E-state index is 0.158. The van der Waals surface area contributed by atoms with Crippen molar-refractivity contribution >= 4 is 10.0 Å². The van der Waals surface area contributed by atoms with E-state index in [-0.39, 0.29) is 4.90 Å². The first-order valence-corrected chi connectivity index (χ1v) is 7.54. The number of rotatable bonds is 3. The Morgan fingerprint density at radius 3 is 2.72 bits per heavy atom. The van der Waals surface area contributed by atoms with Gasteiger partial charge in [-0.05, 0) is 18.3 Å². The fraction of sp³-hybridized carbons (Fsp3) is 0.583. The molecule has 0 bridgehead atoms. The van der Waals surface area contributed by atoms with E-state index in [1.807, 2.05) is 0 Å². The molecule has 1 fully saturated rings. The molecule has 100 valence electrons. The number of sulfonamides is 1. The van der Waals surface area contributed by atoms with E-state index in [0.717, 1.165) is 6.42 Å². The summed E-state index contributed by atoms with van der Waals surface area (Å²) >= 11 is 0. The molecule has 2 rings (SSSR count). The van der Waals surface area contributed by atoms with E-state index < -0.39 is 15.5 Å². The highest BCUT2D eigenvalue weighted by atomic mass is 32.2. The summed E-state index contributed by atoms with van der Waals surface area (Å²) in [4.78, 5) is 14.1. The van der Waals surface area contributed by atoms with Crippen molar-refractivity contribution in [2.45, 2.75) is 25.2 Å². The van der Waals surface area contributed by atoms with Crippen LogP contribution < -0.4 is 5.43 Å². The fourth-order valence-corrected chi connectivity index (χ4v) is 3.81. The van der Waals surface area contributed by atoms with E-state index in [4.69, 9.17) is 0 Å². The lowest BCUT2D eigenvalue weighted by atomic mass is 9.96. The van der Waals surface area contributed by atoms with Crippen LogP contribution in [0, 0.1) is 11.8 Å². The van der Waals surface area contributed by atoms with Crippen molar-refractivity contribution in [2.24, 2.45) is 11.8 Å². The first kappa shape index (κ1) is 13.3. The van der Waals surface area contributed by atoms with Crippen LogP contribution in [-0.4, -0.2) is 30.8 Å². The number of H-pyrrole nitrogens is 1. The van der Waals surface area contributed by atoms with Crippen molar-refractivity contribution in [3.63, 3.8) is 0 Å². The molecule has 1 aliphatic heterocycles. The van der Waals surface area contributed by atoms with Gasteiger partial charge in [0.1, 0.15) is 4.90 Å². The molecule has 0 saturated carbocycles. The van der Waals surface area contributed by atoms with E-state index in [1.165, 1.54) is 22.8 Å². The van der Waals surface area contributed by atoms with Gasteiger partial charge in [0.05, 0.1) is 0 Å². The maximum Gasteiger partial charge on any atom is 0.248 e. The highest BCUT2D eigenvalue weighted by Crippen LogP contribution is 2.27. The maximum atomic E-state index is 12.3. The van der Waals surface area contributed by atoms with Gasteiger partial charge in [0.25, 0.3) is 0 Å². The molecule has 0 spiro atoms. The van der Waals surface area contributed by atoms with Gasteiger partial charge in [0, 0.05) is 31.5 Å². The number of aromatic nitrogens is 1. The van der Waals surface area contributed by atoms with Gasteiger partial charge >= 0.3 is 0 Å². The third kappa shape index (κ3) is 2.35. The van der Waals surface area contributed by atoms with Crippen LogP contribution in [0.2, 0.25) is 0 Å². The third-order valence-electron chi connectivity index (χ3n) is 3.54. The molecule has 1 aliphatic rings. The second-order valence-electron chi connectivity index (χ2n) is 5.03. The summed E-state index contributed by atoms with van der Waals surface area (Å²) in [5.74, 6) is 0.835. The summed E-state index contributed by atoms with van der Waals surface area (Å²) in [6, 6.07) is 1.24. The van der Waals surface area contributed by atoms with E-state index in [1.54, 1.807) is 0 Å². The lowest BCUT2D eigenvalue weighted by Gasteiger charge is -2.17. The average Bonchev–Trinajstić information content (AvgIpc) is 2.79. The van der Waals surface area contributed by atoms with Gasteiger partial charge in [0.15, 0.2) is 0 Å². The Morgan fingerprint density at radius 1 is 1.44 bits per heavy atom. The van der Waals surface area contributed by atoms with Crippen molar-refractivity contribution in [3.05, 3.63) is 28.7 Å². The van der Waals surface area contributed by atoms with E-state index in [2.05, 4.69) is 18.8 Å². The van der Waals surface area contributed by atoms with E-state index >= 15 is 0 Å². The zero-order valence-corrected chi connectivity index (χ0v) is 11.4. The molecule has 0 amide bonds. The minimum Gasteiger partial charge on any atom is -0.366 e. The summed E-state index contributed by atoms with van der Waals surface area (Å²) in [6.07, 6.45) is 3.56. The summed E-state index contributed by atoms with van der Waals surface area (Å²) in [5, 5.41) is 0. The molecule has 1 aromatic rings. The van der Waals surface area contributed by atoms with Gasteiger partial charge in [-0.15, -0.1) is 0 Å². The first-order chi connectivity index (χ1) is 8.43. The Balaban J connectivity index is 2.29. The monoisotopic (exact) mass is 270 g/mol. The van der Waals surface area contributed by atoms with Crippen molar-refractivity contribution in [3.8, 4) is 0 Å². The summed E-state index contributed by atoms with van der Waals surface area (Å²) in [5.41, 5.74) is -0.457. The number of hydrogen-bond donors (Lipinski definition) is 1. The number of nitrogens with zero attached hydrogens (tertiary/aromatic N) is 1. The molecular weight excluding hydrogens is 252 g/mol. The Morgan fingerprint density at radius 2 is 2.17 bits per heavy atom. The largest absolute Gasteiger partial charge is 0.366 e. The highest BCUT2D eigenvalue weighted by Gasteiger charge is 2.34. The van der Waals surface area contributed by atoms with Crippen LogP contribution in [0.4, 0.5) is 0 Å². The van der Waals surface area contributed by atoms with Crippen molar-refractivity contribution in [2.75, 3.05) is 13.1 Å². The van der Waals surface area contributed by atoms with Crippen LogP contribution in [0.3, 0.4) is 0 Å². The van der Waals surface area contributed by atoms with Crippen molar-refractivity contribution in [1.82, 2.24) is 9.29 Å². The van der Waals surface area contributed by atoms with Crippen LogP contribution >= 0.6 is 0 Å². The molecule has 0 aromatic carbocycles. The van der Waals surface area contributed by atoms with Crippen LogP contribution in [0.15, 0.2) is 28.2 Å². The standard InChI is InChI=1S/C12H18N2O3S/c1-9(2)10-4-6-14(8-10)18(16,17)12-7-13-5-3-11(12)15/h3,5,7,9-10H,4,6,8H2,1-2H3,(H,13,15). The Kier molecular flexibility index (Phi) is 3.59. The minimum atomic E-state index is -3.65. The Labute approximate surface area is 107 Å². The molecule has 6 heteroatoms. The zero-order valence-electron chi connectivity index (χ0n) is 10.6. The maximum absolute atomic E-state index is 12.3. The molecule has 1 unspecified atom stereocenters. The highest BCUT2D eigenvalue weighted by molar-refractivity contribution is 7.89. The van der Waals surface area contributed by atoms with Crippen molar-refractivity contribution in [1.29, 1.82) is 0 Å². The van der Waals surface area contributed by atoms with Gasteiger partial charge in [-0.1, -0.05) is 13.8 Å². The Hall–Kier alpha value is -1.14. The van der Waals surface area contributed by atoms with Gasteiger partial charge in [-0.25, -0.2) is 8.42 Å². The second kappa shape index (κ2) is 4.85. The molecule has 1 aromatic heterocycles. The fourth-order valence-electron chi connectivity index (χ4n) is 2.26. The molecule has 1 saturated heterocycles. The van der Waals surface area contributed by atoms with Crippen LogP contribution in [0.25, 0.3) is 0 Å². The van der Waals surface area contributed by atoms with E-state index in [9.17, 15) is 13.2 Å². The summed E-state index contributed by atoms with van der Waals surface area (Å²) < 4.78 is 26.1. The zero-order chi connectivity index (χ0) is 13.3. The van der Waals surface area contributed by atoms with Crippen molar-refractivity contribution < 1.29 is 8.42 Å². The van der Waals surface area contributed by atoms with Crippen LogP contribution in [-0.2, 0) is 10.0 Å². The first-order valence-electron chi connectivity index (χ1n) is 6.10. The lowest BCUT2D eigenvalue weighted by Crippen LogP contribution is -2.32. The molecular formula is C12H18N2O3S. The SMILES string of the molecule is CC(C)C1CCN(S(=O)(=O)c2c[nH]ccc2=O)C1. The summed E-state index contributed by atoms with van der Waals surface area (Å²) in [7, 11) is -3.65. The predicted octanol–water partition coefficient (Wildman–Crippen LogP) is 1.04.